The van der Waals surface area contributed by atoms with Crippen molar-refractivity contribution in [1.82, 2.24) is 10.2 Å². The average Bonchev–Trinajstić information content (AvgIpc) is 3.34. The maximum absolute atomic E-state index is 13.6. The van der Waals surface area contributed by atoms with Gasteiger partial charge in [0.1, 0.15) is 22.3 Å². The summed E-state index contributed by atoms with van der Waals surface area (Å²) in [6.45, 7) is 4.83. The van der Waals surface area contributed by atoms with E-state index in [0.29, 0.717) is 15.3 Å². The number of amides is 2. The van der Waals surface area contributed by atoms with E-state index < -0.39 is 40.9 Å². The number of thiophene rings is 1. The van der Waals surface area contributed by atoms with Crippen molar-refractivity contribution in [1.29, 1.82) is 0 Å². The van der Waals surface area contributed by atoms with Crippen LogP contribution >= 0.6 is 35.3 Å². The summed E-state index contributed by atoms with van der Waals surface area (Å²) >= 11 is 7.49. The van der Waals surface area contributed by atoms with Crippen molar-refractivity contribution in [2.24, 2.45) is 0 Å². The lowest BCUT2D eigenvalue weighted by molar-refractivity contribution is -0.154. The van der Waals surface area contributed by atoms with Gasteiger partial charge in [-0.1, -0.05) is 30.0 Å². The molecular weight excluding hydrogens is 552 g/mol. The zero-order chi connectivity index (χ0) is 27.5. The summed E-state index contributed by atoms with van der Waals surface area (Å²) < 4.78 is 58.1. The van der Waals surface area contributed by atoms with Gasteiger partial charge in [-0.05, 0) is 61.6 Å². The fourth-order valence-electron chi connectivity index (χ4n) is 3.17. The Labute approximate surface area is 224 Å². The van der Waals surface area contributed by atoms with Crippen LogP contribution in [0.25, 0.3) is 17.2 Å². The second-order valence-electron chi connectivity index (χ2n) is 8.88. The number of nitrogens with one attached hydrogen (secondary N) is 1. The maximum Gasteiger partial charge on any atom is 0.419 e. The van der Waals surface area contributed by atoms with Gasteiger partial charge in [0, 0.05) is 17.8 Å². The van der Waals surface area contributed by atoms with Gasteiger partial charge in [0.05, 0.1) is 10.5 Å². The number of carbonyl (C=O) groups excluding carboxylic acids is 3. The number of alkyl halides is 3. The van der Waals surface area contributed by atoms with Crippen LogP contribution < -0.4 is 5.32 Å². The first-order chi connectivity index (χ1) is 17.1. The van der Waals surface area contributed by atoms with Crippen LogP contribution in [0, 0.1) is 5.82 Å². The summed E-state index contributed by atoms with van der Waals surface area (Å²) in [6.07, 6.45) is -3.35. The quantitative estimate of drug-likeness (QED) is 0.200. The lowest BCUT2D eigenvalue weighted by atomic mass is 10.0. The Morgan fingerprint density at radius 2 is 1.86 bits per heavy atom. The Balaban J connectivity index is 1.62. The first-order valence-corrected chi connectivity index (χ1v) is 12.9. The number of carbonyl (C=O) groups is 3. The van der Waals surface area contributed by atoms with Gasteiger partial charge in [-0.3, -0.25) is 19.3 Å². The molecule has 0 bridgehead atoms. The number of hydrogen-bond donors (Lipinski definition) is 1. The van der Waals surface area contributed by atoms with Crippen LogP contribution in [0.15, 0.2) is 34.6 Å². The summed E-state index contributed by atoms with van der Waals surface area (Å²) in [5.74, 6) is -2.80. The highest BCUT2D eigenvalue weighted by molar-refractivity contribution is 8.26. The van der Waals surface area contributed by atoms with Gasteiger partial charge in [-0.15, -0.1) is 11.3 Å². The SMILES string of the molecule is CC(C)(C)OC(=O)CNC(=O)CCN1C(=O)C(=Cc2cc(-c3ccc(F)c(C(F)(F)F)c3)cs2)SC1=S. The highest BCUT2D eigenvalue weighted by Crippen LogP contribution is 2.37. The van der Waals surface area contributed by atoms with Gasteiger partial charge in [-0.2, -0.15) is 13.2 Å². The van der Waals surface area contributed by atoms with Gasteiger partial charge in [0.15, 0.2) is 0 Å². The van der Waals surface area contributed by atoms with Crippen LogP contribution in [0.4, 0.5) is 17.6 Å². The molecule has 0 saturated carbocycles. The summed E-state index contributed by atoms with van der Waals surface area (Å²) in [5, 5.41) is 4.04. The molecular formula is C24H22F4N2O4S3. The molecule has 1 N–H and O–H groups in total. The fourth-order valence-corrected chi connectivity index (χ4v) is 5.40. The molecule has 3 rings (SSSR count). The molecule has 1 saturated heterocycles. The van der Waals surface area contributed by atoms with Gasteiger partial charge < -0.3 is 10.1 Å². The number of halogens is 4. The standard InChI is InChI=1S/C24H22F4N2O4S3/c1-23(2,3)34-20(32)11-29-19(31)6-7-30-21(33)18(37-22(30)35)10-15-8-14(12-36-15)13-4-5-17(25)16(9-13)24(26,27)28/h4-5,8-10,12H,6-7,11H2,1-3H3,(H,29,31). The molecule has 1 aliphatic heterocycles. The minimum absolute atomic E-state index is 0.00759. The number of thioether (sulfide) groups is 1. The minimum atomic E-state index is -4.82. The average molecular weight is 575 g/mol. The number of hydrogen-bond acceptors (Lipinski definition) is 7. The van der Waals surface area contributed by atoms with E-state index in [4.69, 9.17) is 17.0 Å². The monoisotopic (exact) mass is 574 g/mol. The Morgan fingerprint density at radius 3 is 2.51 bits per heavy atom. The number of ether oxygens (including phenoxy) is 1. The first kappa shape index (κ1) is 28.8. The third kappa shape index (κ3) is 7.86. The van der Waals surface area contributed by atoms with Crippen molar-refractivity contribution >= 4 is 63.5 Å². The van der Waals surface area contributed by atoms with E-state index in [1.54, 1.807) is 38.3 Å². The smallest absolute Gasteiger partial charge is 0.419 e. The highest BCUT2D eigenvalue weighted by Gasteiger charge is 2.35. The molecule has 37 heavy (non-hydrogen) atoms. The molecule has 2 aromatic rings. The third-order valence-corrected chi connectivity index (χ3v) is 7.04. The summed E-state index contributed by atoms with van der Waals surface area (Å²) in [7, 11) is 0. The number of rotatable bonds is 7. The molecule has 0 aliphatic carbocycles. The predicted octanol–water partition coefficient (Wildman–Crippen LogP) is 5.62. The topological polar surface area (TPSA) is 75.7 Å². The minimum Gasteiger partial charge on any atom is -0.459 e. The van der Waals surface area contributed by atoms with Crippen LogP contribution in [-0.4, -0.2) is 45.7 Å². The summed E-state index contributed by atoms with van der Waals surface area (Å²) in [6, 6.07) is 4.36. The van der Waals surface area contributed by atoms with Crippen LogP contribution in [0.1, 0.15) is 37.6 Å². The zero-order valence-corrected chi connectivity index (χ0v) is 22.4. The van der Waals surface area contributed by atoms with Crippen LogP contribution in [-0.2, 0) is 25.3 Å². The molecule has 0 spiro atoms. The highest BCUT2D eigenvalue weighted by atomic mass is 32.2. The first-order valence-electron chi connectivity index (χ1n) is 10.8. The van der Waals surface area contributed by atoms with E-state index in [1.165, 1.54) is 22.3 Å². The van der Waals surface area contributed by atoms with Crippen LogP contribution in [0.3, 0.4) is 0 Å². The molecule has 13 heteroatoms. The van der Waals surface area contributed by atoms with Crippen molar-refractivity contribution in [3.05, 3.63) is 50.8 Å². The van der Waals surface area contributed by atoms with E-state index in [2.05, 4.69) is 5.32 Å². The largest absolute Gasteiger partial charge is 0.459 e. The number of thiocarbonyl (C=S) groups is 1. The Morgan fingerprint density at radius 1 is 1.16 bits per heavy atom. The molecule has 6 nitrogen and oxygen atoms in total. The van der Waals surface area contributed by atoms with E-state index in [0.717, 1.165) is 23.9 Å². The predicted molar refractivity (Wildman–Crippen MR) is 138 cm³/mol. The summed E-state index contributed by atoms with van der Waals surface area (Å²) in [4.78, 5) is 38.8. The van der Waals surface area contributed by atoms with Gasteiger partial charge in [0.2, 0.25) is 5.91 Å². The molecule has 1 aromatic carbocycles. The fraction of sp³-hybridized carbons (Fsp3) is 0.333. The van der Waals surface area contributed by atoms with Gasteiger partial charge in [0.25, 0.3) is 5.91 Å². The van der Waals surface area contributed by atoms with Crippen LogP contribution in [0.5, 0.6) is 0 Å². The zero-order valence-electron chi connectivity index (χ0n) is 19.9. The summed E-state index contributed by atoms with van der Waals surface area (Å²) in [5.41, 5.74) is -1.40. The Kier molecular flexibility index (Phi) is 8.81. The number of esters is 1. The molecule has 0 radical (unpaired) electrons. The number of nitrogens with zero attached hydrogens (tertiary/aromatic N) is 1. The lowest BCUT2D eigenvalue weighted by Gasteiger charge is -2.19. The van der Waals surface area contributed by atoms with E-state index in [1.807, 2.05) is 0 Å². The van der Waals surface area contributed by atoms with Crippen molar-refractivity contribution in [3.63, 3.8) is 0 Å². The molecule has 2 amide bonds. The van der Waals surface area contributed by atoms with Crippen molar-refractivity contribution in [3.8, 4) is 11.1 Å². The molecule has 0 atom stereocenters. The van der Waals surface area contributed by atoms with E-state index >= 15 is 0 Å². The maximum atomic E-state index is 13.6. The second kappa shape index (κ2) is 11.3. The van der Waals surface area contributed by atoms with Crippen molar-refractivity contribution in [2.75, 3.05) is 13.1 Å². The molecule has 198 valence electrons. The van der Waals surface area contributed by atoms with E-state index in [-0.39, 0.29) is 29.4 Å². The Bertz CT molecular complexity index is 1270. The molecule has 1 aromatic heterocycles. The van der Waals surface area contributed by atoms with Gasteiger partial charge in [-0.25, -0.2) is 4.39 Å². The lowest BCUT2D eigenvalue weighted by Crippen LogP contribution is -2.37. The van der Waals surface area contributed by atoms with Crippen molar-refractivity contribution in [2.45, 2.75) is 39.0 Å². The number of benzene rings is 1. The Hall–Kier alpha value is -2.77. The molecule has 0 unspecified atom stereocenters. The molecule has 1 fully saturated rings. The third-order valence-electron chi connectivity index (χ3n) is 4.78. The molecule has 2 heterocycles. The van der Waals surface area contributed by atoms with E-state index in [9.17, 15) is 31.9 Å². The van der Waals surface area contributed by atoms with Gasteiger partial charge >= 0.3 is 12.1 Å². The second-order valence-corrected chi connectivity index (χ2v) is 11.5. The van der Waals surface area contributed by atoms with Crippen LogP contribution in [0.2, 0.25) is 0 Å². The van der Waals surface area contributed by atoms with Crippen molar-refractivity contribution < 1.29 is 36.7 Å². The normalized spacial score (nSPS) is 15.4. The molecule has 1 aliphatic rings.